The van der Waals surface area contributed by atoms with Gasteiger partial charge in [-0.3, -0.25) is 4.98 Å². The molecule has 0 aliphatic carbocycles. The van der Waals surface area contributed by atoms with Crippen LogP contribution in [0.3, 0.4) is 0 Å². The summed E-state index contributed by atoms with van der Waals surface area (Å²) in [4.78, 5) is 17.5. The summed E-state index contributed by atoms with van der Waals surface area (Å²) in [7, 11) is 1.74. The Morgan fingerprint density at radius 2 is 2.14 bits per heavy atom. The van der Waals surface area contributed by atoms with Crippen molar-refractivity contribution >= 4 is 6.03 Å². The third-order valence-electron chi connectivity index (χ3n) is 3.57. The molecule has 0 radical (unpaired) electrons. The zero-order valence-corrected chi connectivity index (χ0v) is 13.2. The first kappa shape index (κ1) is 16.0. The third-order valence-corrected chi connectivity index (χ3v) is 3.57. The molecule has 118 valence electrons. The Morgan fingerprint density at radius 3 is 2.82 bits per heavy atom. The summed E-state index contributed by atoms with van der Waals surface area (Å²) < 4.78 is 5.29. The largest absolute Gasteiger partial charge is 0.359 e. The Bertz CT molecular complexity index is 597. The molecule has 0 saturated carbocycles. The quantitative estimate of drug-likeness (QED) is 0.890. The number of carbonyl (C=O) groups is 1. The minimum atomic E-state index is -0.109. The molecule has 22 heavy (non-hydrogen) atoms. The highest BCUT2D eigenvalue weighted by molar-refractivity contribution is 5.73. The van der Waals surface area contributed by atoms with Gasteiger partial charge in [-0.2, -0.15) is 0 Å². The van der Waals surface area contributed by atoms with Gasteiger partial charge in [0.15, 0.2) is 5.76 Å². The summed E-state index contributed by atoms with van der Waals surface area (Å²) in [5.74, 6) is 1.12. The van der Waals surface area contributed by atoms with Crippen LogP contribution < -0.4 is 5.32 Å². The fourth-order valence-corrected chi connectivity index (χ4v) is 1.89. The molecule has 2 amide bonds. The molecular formula is C16H22N4O2. The van der Waals surface area contributed by atoms with Gasteiger partial charge in [-0.25, -0.2) is 4.79 Å². The molecular weight excluding hydrogens is 280 g/mol. The van der Waals surface area contributed by atoms with E-state index >= 15 is 0 Å². The first-order valence-corrected chi connectivity index (χ1v) is 7.45. The van der Waals surface area contributed by atoms with Crippen LogP contribution in [0.5, 0.6) is 0 Å². The zero-order valence-electron chi connectivity index (χ0n) is 13.2. The summed E-state index contributed by atoms with van der Waals surface area (Å²) in [6.07, 6.45) is 4.46. The topological polar surface area (TPSA) is 71.3 Å². The predicted molar refractivity (Wildman–Crippen MR) is 84.1 cm³/mol. The van der Waals surface area contributed by atoms with Gasteiger partial charge >= 0.3 is 6.03 Å². The van der Waals surface area contributed by atoms with Gasteiger partial charge in [0.25, 0.3) is 0 Å². The number of rotatable bonds is 6. The van der Waals surface area contributed by atoms with E-state index in [-0.39, 0.29) is 6.03 Å². The molecule has 2 aromatic rings. The van der Waals surface area contributed by atoms with E-state index in [0.717, 1.165) is 17.7 Å². The summed E-state index contributed by atoms with van der Waals surface area (Å²) in [5.41, 5.74) is 1.68. The average Bonchev–Trinajstić information content (AvgIpc) is 3.01. The van der Waals surface area contributed by atoms with Crippen molar-refractivity contribution in [2.45, 2.75) is 26.8 Å². The van der Waals surface area contributed by atoms with Gasteiger partial charge in [-0.15, -0.1) is 0 Å². The van der Waals surface area contributed by atoms with Crippen LogP contribution in [0.2, 0.25) is 0 Å². The lowest BCUT2D eigenvalue weighted by Crippen LogP contribution is -2.38. The van der Waals surface area contributed by atoms with Crippen molar-refractivity contribution in [3.8, 4) is 11.3 Å². The summed E-state index contributed by atoms with van der Waals surface area (Å²) in [6.45, 7) is 5.27. The highest BCUT2D eigenvalue weighted by atomic mass is 16.5. The van der Waals surface area contributed by atoms with Crippen molar-refractivity contribution in [2.75, 3.05) is 13.6 Å². The molecule has 0 aliphatic heterocycles. The number of hydrogen-bond acceptors (Lipinski definition) is 4. The molecule has 6 heteroatoms. The van der Waals surface area contributed by atoms with E-state index in [1.807, 2.05) is 18.2 Å². The number of hydrogen-bond donors (Lipinski definition) is 1. The molecule has 1 atom stereocenters. The number of aromatic nitrogens is 2. The second-order valence-electron chi connectivity index (χ2n) is 5.47. The van der Waals surface area contributed by atoms with Gasteiger partial charge in [-0.05, 0) is 18.1 Å². The molecule has 1 unspecified atom stereocenters. The number of carbonyl (C=O) groups excluding carboxylic acids is 1. The van der Waals surface area contributed by atoms with E-state index in [9.17, 15) is 4.79 Å². The summed E-state index contributed by atoms with van der Waals surface area (Å²) >= 11 is 0. The van der Waals surface area contributed by atoms with E-state index in [4.69, 9.17) is 4.52 Å². The lowest BCUT2D eigenvalue weighted by Gasteiger charge is -2.18. The maximum atomic E-state index is 12.0. The molecule has 0 aromatic carbocycles. The van der Waals surface area contributed by atoms with Gasteiger partial charge in [0.1, 0.15) is 5.69 Å². The van der Waals surface area contributed by atoms with Crippen molar-refractivity contribution in [1.82, 2.24) is 20.4 Å². The van der Waals surface area contributed by atoms with Crippen LogP contribution >= 0.6 is 0 Å². The van der Waals surface area contributed by atoms with Gasteiger partial charge < -0.3 is 14.7 Å². The molecule has 2 rings (SSSR count). The minimum Gasteiger partial charge on any atom is -0.359 e. The Kier molecular flexibility index (Phi) is 5.52. The molecule has 0 bridgehead atoms. The zero-order chi connectivity index (χ0) is 15.9. The maximum Gasteiger partial charge on any atom is 0.317 e. The van der Waals surface area contributed by atoms with Crippen molar-refractivity contribution < 1.29 is 9.32 Å². The van der Waals surface area contributed by atoms with Gasteiger partial charge in [0.2, 0.25) is 0 Å². The van der Waals surface area contributed by atoms with Crippen LogP contribution in [0.4, 0.5) is 4.79 Å². The first-order chi connectivity index (χ1) is 10.6. The molecule has 1 N–H and O–H groups in total. The number of nitrogens with zero attached hydrogens (tertiary/aromatic N) is 3. The normalized spacial score (nSPS) is 12.0. The van der Waals surface area contributed by atoms with Gasteiger partial charge in [0.05, 0.1) is 6.54 Å². The van der Waals surface area contributed by atoms with E-state index in [2.05, 4.69) is 29.3 Å². The highest BCUT2D eigenvalue weighted by Crippen LogP contribution is 2.18. The predicted octanol–water partition coefficient (Wildman–Crippen LogP) is 2.92. The fraction of sp³-hybridized carbons (Fsp3) is 0.438. The van der Waals surface area contributed by atoms with Crippen molar-refractivity contribution in [3.05, 3.63) is 36.4 Å². The van der Waals surface area contributed by atoms with E-state index in [1.54, 1.807) is 24.3 Å². The van der Waals surface area contributed by atoms with Crippen molar-refractivity contribution in [2.24, 2.45) is 5.92 Å². The monoisotopic (exact) mass is 302 g/mol. The number of nitrogens with one attached hydrogen (secondary N) is 1. The third kappa shape index (κ3) is 4.31. The average molecular weight is 302 g/mol. The van der Waals surface area contributed by atoms with E-state index < -0.39 is 0 Å². The Balaban J connectivity index is 1.91. The van der Waals surface area contributed by atoms with Gasteiger partial charge in [-0.1, -0.05) is 25.4 Å². The molecule has 2 aromatic heterocycles. The van der Waals surface area contributed by atoms with Crippen LogP contribution in [-0.2, 0) is 6.54 Å². The number of urea groups is 1. The first-order valence-electron chi connectivity index (χ1n) is 7.45. The second-order valence-corrected chi connectivity index (χ2v) is 5.47. The number of amides is 2. The van der Waals surface area contributed by atoms with Crippen LogP contribution in [0.1, 0.15) is 26.0 Å². The van der Waals surface area contributed by atoms with Gasteiger partial charge in [0, 0.05) is 37.6 Å². The smallest absolute Gasteiger partial charge is 0.317 e. The van der Waals surface area contributed by atoms with E-state index in [1.165, 1.54) is 0 Å². The lowest BCUT2D eigenvalue weighted by molar-refractivity contribution is 0.199. The Hall–Kier alpha value is -2.37. The lowest BCUT2D eigenvalue weighted by atomic mass is 10.1. The maximum absolute atomic E-state index is 12.0. The summed E-state index contributed by atoms with van der Waals surface area (Å²) in [5, 5.41) is 6.93. The SMILES string of the molecule is CCC(C)CNC(=O)N(C)Cc1cc(-c2ccncc2)no1. The van der Waals surface area contributed by atoms with Crippen LogP contribution in [0.25, 0.3) is 11.3 Å². The minimum absolute atomic E-state index is 0.109. The van der Waals surface area contributed by atoms with Crippen molar-refractivity contribution in [1.29, 1.82) is 0 Å². The summed E-state index contributed by atoms with van der Waals surface area (Å²) in [6, 6.07) is 5.46. The Labute approximate surface area is 130 Å². The molecule has 0 aliphatic rings. The second kappa shape index (κ2) is 7.59. The molecule has 0 fully saturated rings. The number of pyridine rings is 1. The fourth-order valence-electron chi connectivity index (χ4n) is 1.89. The Morgan fingerprint density at radius 1 is 1.41 bits per heavy atom. The van der Waals surface area contributed by atoms with Crippen LogP contribution in [-0.4, -0.2) is 34.7 Å². The standard InChI is InChI=1S/C16H22N4O2/c1-4-12(2)10-18-16(21)20(3)11-14-9-15(19-22-14)13-5-7-17-8-6-13/h5-9,12H,4,10-11H2,1-3H3,(H,18,21). The highest BCUT2D eigenvalue weighted by Gasteiger charge is 2.13. The van der Waals surface area contributed by atoms with Crippen molar-refractivity contribution in [3.63, 3.8) is 0 Å². The van der Waals surface area contributed by atoms with Crippen LogP contribution in [0.15, 0.2) is 35.1 Å². The van der Waals surface area contributed by atoms with E-state index in [0.29, 0.717) is 24.8 Å². The molecule has 0 spiro atoms. The molecule has 6 nitrogen and oxygen atoms in total. The van der Waals surface area contributed by atoms with Crippen LogP contribution in [0, 0.1) is 5.92 Å². The molecule has 0 saturated heterocycles. The molecule has 2 heterocycles.